The number of nitrogens with two attached hydrogens (primary N) is 1. The summed E-state index contributed by atoms with van der Waals surface area (Å²) in [5, 5.41) is 2.85. The molecule has 0 spiro atoms. The highest BCUT2D eigenvalue weighted by atomic mass is 16.6. The molecule has 0 aromatic heterocycles. The van der Waals surface area contributed by atoms with Crippen LogP contribution in [0.15, 0.2) is 0 Å². The minimum atomic E-state index is -0.491. The standard InChI is InChI=1S/C14H27N3O3/c1-5-11(15)12(18)17-8-6-10(7-9-17)16-13(19)20-14(2,3)4/h10-11H,5-9,15H2,1-4H3,(H,16,19)/t11-/m1/s1. The molecule has 0 bridgehead atoms. The summed E-state index contributed by atoms with van der Waals surface area (Å²) in [5.41, 5.74) is 5.26. The number of hydrogen-bond donors (Lipinski definition) is 2. The number of hydrogen-bond acceptors (Lipinski definition) is 4. The van der Waals surface area contributed by atoms with Crippen LogP contribution in [-0.4, -0.2) is 47.7 Å². The topological polar surface area (TPSA) is 84.7 Å². The molecule has 0 aliphatic carbocycles. The lowest BCUT2D eigenvalue weighted by atomic mass is 10.0. The molecule has 0 aromatic carbocycles. The molecular weight excluding hydrogens is 258 g/mol. The first-order valence-corrected chi connectivity index (χ1v) is 7.27. The molecule has 6 heteroatoms. The Morgan fingerprint density at radius 2 is 1.90 bits per heavy atom. The van der Waals surface area contributed by atoms with E-state index < -0.39 is 17.7 Å². The summed E-state index contributed by atoms with van der Waals surface area (Å²) in [7, 11) is 0. The quantitative estimate of drug-likeness (QED) is 0.817. The van der Waals surface area contributed by atoms with E-state index in [1.165, 1.54) is 0 Å². The van der Waals surface area contributed by atoms with E-state index >= 15 is 0 Å². The predicted molar refractivity (Wildman–Crippen MR) is 77.2 cm³/mol. The smallest absolute Gasteiger partial charge is 0.407 e. The first-order chi connectivity index (χ1) is 9.23. The van der Waals surface area contributed by atoms with Crippen LogP contribution in [-0.2, 0) is 9.53 Å². The summed E-state index contributed by atoms with van der Waals surface area (Å²) >= 11 is 0. The Bertz CT molecular complexity index is 344. The molecule has 116 valence electrons. The Morgan fingerprint density at radius 1 is 1.35 bits per heavy atom. The highest BCUT2D eigenvalue weighted by Gasteiger charge is 2.27. The van der Waals surface area contributed by atoms with Crippen LogP contribution in [0.25, 0.3) is 0 Å². The maximum atomic E-state index is 11.9. The van der Waals surface area contributed by atoms with Crippen LogP contribution >= 0.6 is 0 Å². The zero-order chi connectivity index (χ0) is 15.3. The van der Waals surface area contributed by atoms with Crippen LogP contribution in [0.3, 0.4) is 0 Å². The lowest BCUT2D eigenvalue weighted by molar-refractivity contribution is -0.133. The van der Waals surface area contributed by atoms with Gasteiger partial charge in [0.05, 0.1) is 6.04 Å². The van der Waals surface area contributed by atoms with Crippen molar-refractivity contribution in [3.05, 3.63) is 0 Å². The molecule has 0 aromatic rings. The van der Waals surface area contributed by atoms with E-state index in [-0.39, 0.29) is 11.9 Å². The number of ether oxygens (including phenoxy) is 1. The van der Waals surface area contributed by atoms with E-state index in [1.54, 1.807) is 4.90 Å². The van der Waals surface area contributed by atoms with Gasteiger partial charge >= 0.3 is 6.09 Å². The van der Waals surface area contributed by atoms with E-state index in [2.05, 4.69) is 5.32 Å². The Labute approximate surface area is 121 Å². The number of nitrogens with one attached hydrogen (secondary N) is 1. The van der Waals surface area contributed by atoms with Gasteiger partial charge in [-0.15, -0.1) is 0 Å². The molecule has 1 aliphatic heterocycles. The third-order valence-corrected chi connectivity index (χ3v) is 3.28. The molecule has 0 radical (unpaired) electrons. The predicted octanol–water partition coefficient (Wildman–Crippen LogP) is 1.24. The zero-order valence-electron chi connectivity index (χ0n) is 12.9. The normalized spacial score (nSPS) is 18.6. The fourth-order valence-corrected chi connectivity index (χ4v) is 2.13. The van der Waals surface area contributed by atoms with Gasteiger partial charge in [-0.3, -0.25) is 4.79 Å². The summed E-state index contributed by atoms with van der Waals surface area (Å²) < 4.78 is 5.22. The van der Waals surface area contributed by atoms with E-state index in [1.807, 2.05) is 27.7 Å². The van der Waals surface area contributed by atoms with Gasteiger partial charge in [0.1, 0.15) is 5.60 Å². The SMILES string of the molecule is CC[C@@H](N)C(=O)N1CCC(NC(=O)OC(C)(C)C)CC1. The number of piperidine rings is 1. The van der Waals surface area contributed by atoms with Crippen LogP contribution in [0.4, 0.5) is 4.79 Å². The van der Waals surface area contributed by atoms with Gasteiger partial charge in [-0.1, -0.05) is 6.92 Å². The molecule has 1 heterocycles. The second kappa shape index (κ2) is 6.92. The molecule has 6 nitrogen and oxygen atoms in total. The molecule has 1 saturated heterocycles. The summed E-state index contributed by atoms with van der Waals surface area (Å²) in [6.07, 6.45) is 1.73. The third kappa shape index (κ3) is 5.36. The fraction of sp³-hybridized carbons (Fsp3) is 0.857. The van der Waals surface area contributed by atoms with Crippen LogP contribution < -0.4 is 11.1 Å². The van der Waals surface area contributed by atoms with Gasteiger partial charge in [0, 0.05) is 19.1 Å². The zero-order valence-corrected chi connectivity index (χ0v) is 12.9. The monoisotopic (exact) mass is 285 g/mol. The maximum Gasteiger partial charge on any atom is 0.407 e. The van der Waals surface area contributed by atoms with Crippen LogP contribution in [0.1, 0.15) is 47.0 Å². The van der Waals surface area contributed by atoms with Gasteiger partial charge in [0.15, 0.2) is 0 Å². The number of carbonyl (C=O) groups is 2. The fourth-order valence-electron chi connectivity index (χ4n) is 2.13. The molecule has 0 unspecified atom stereocenters. The summed E-state index contributed by atoms with van der Waals surface area (Å²) in [6.45, 7) is 8.67. The van der Waals surface area contributed by atoms with E-state index in [4.69, 9.17) is 10.5 Å². The second-order valence-electron chi connectivity index (χ2n) is 6.26. The maximum absolute atomic E-state index is 11.9. The van der Waals surface area contributed by atoms with Crippen LogP contribution in [0.2, 0.25) is 0 Å². The number of carbonyl (C=O) groups excluding carboxylic acids is 2. The van der Waals surface area contributed by atoms with Gasteiger partial charge in [0.25, 0.3) is 0 Å². The molecular formula is C14H27N3O3. The van der Waals surface area contributed by atoms with Crippen molar-refractivity contribution in [3.63, 3.8) is 0 Å². The Morgan fingerprint density at radius 3 is 2.35 bits per heavy atom. The van der Waals surface area contributed by atoms with Crippen molar-refractivity contribution in [2.75, 3.05) is 13.1 Å². The third-order valence-electron chi connectivity index (χ3n) is 3.28. The van der Waals surface area contributed by atoms with E-state index in [9.17, 15) is 9.59 Å². The van der Waals surface area contributed by atoms with Gasteiger partial charge < -0.3 is 20.7 Å². The molecule has 1 aliphatic rings. The highest BCUT2D eigenvalue weighted by Crippen LogP contribution is 2.13. The first-order valence-electron chi connectivity index (χ1n) is 7.27. The Hall–Kier alpha value is -1.30. The summed E-state index contributed by atoms with van der Waals surface area (Å²) in [6, 6.07) is -0.350. The van der Waals surface area contributed by atoms with Crippen LogP contribution in [0.5, 0.6) is 0 Å². The first kappa shape index (κ1) is 16.8. The van der Waals surface area contributed by atoms with Crippen molar-refractivity contribution >= 4 is 12.0 Å². The Kier molecular flexibility index (Phi) is 5.80. The van der Waals surface area contributed by atoms with Gasteiger partial charge in [-0.05, 0) is 40.0 Å². The molecule has 20 heavy (non-hydrogen) atoms. The molecule has 1 fully saturated rings. The van der Waals surface area contributed by atoms with Crippen molar-refractivity contribution in [1.82, 2.24) is 10.2 Å². The van der Waals surface area contributed by atoms with Gasteiger partial charge in [-0.2, -0.15) is 0 Å². The number of amides is 2. The lowest BCUT2D eigenvalue weighted by Crippen LogP contribution is -2.51. The number of likely N-dealkylation sites (tertiary alicyclic amines) is 1. The highest BCUT2D eigenvalue weighted by molar-refractivity contribution is 5.81. The number of rotatable bonds is 3. The van der Waals surface area contributed by atoms with Crippen molar-refractivity contribution in [2.24, 2.45) is 5.73 Å². The number of alkyl carbamates (subject to hydrolysis) is 1. The second-order valence-corrected chi connectivity index (χ2v) is 6.26. The minimum Gasteiger partial charge on any atom is -0.444 e. The van der Waals surface area contributed by atoms with Gasteiger partial charge in [0.2, 0.25) is 5.91 Å². The van der Waals surface area contributed by atoms with Crippen molar-refractivity contribution in [2.45, 2.75) is 64.6 Å². The molecule has 2 amide bonds. The van der Waals surface area contributed by atoms with Gasteiger partial charge in [-0.25, -0.2) is 4.79 Å². The molecule has 1 atom stereocenters. The van der Waals surface area contributed by atoms with Crippen molar-refractivity contribution in [3.8, 4) is 0 Å². The molecule has 1 rings (SSSR count). The summed E-state index contributed by atoms with van der Waals surface area (Å²) in [5.74, 6) is 0.00298. The van der Waals surface area contributed by atoms with E-state index in [0.29, 0.717) is 19.5 Å². The van der Waals surface area contributed by atoms with Crippen molar-refractivity contribution in [1.29, 1.82) is 0 Å². The number of nitrogens with zero attached hydrogens (tertiary/aromatic N) is 1. The average molecular weight is 285 g/mol. The Balaban J connectivity index is 2.36. The minimum absolute atomic E-state index is 0.00298. The van der Waals surface area contributed by atoms with Crippen LogP contribution in [0, 0.1) is 0 Å². The lowest BCUT2D eigenvalue weighted by Gasteiger charge is -2.34. The average Bonchev–Trinajstić information content (AvgIpc) is 2.35. The largest absolute Gasteiger partial charge is 0.444 e. The summed E-state index contributed by atoms with van der Waals surface area (Å²) in [4.78, 5) is 25.4. The van der Waals surface area contributed by atoms with E-state index in [0.717, 1.165) is 12.8 Å². The molecule has 0 saturated carbocycles. The molecule has 3 N–H and O–H groups in total. The van der Waals surface area contributed by atoms with Crippen molar-refractivity contribution < 1.29 is 14.3 Å².